The van der Waals surface area contributed by atoms with Gasteiger partial charge in [-0.1, -0.05) is 18.2 Å². The minimum atomic E-state index is -1.08. The summed E-state index contributed by atoms with van der Waals surface area (Å²) in [5.41, 5.74) is 1.77. The van der Waals surface area contributed by atoms with Crippen molar-refractivity contribution in [3.63, 3.8) is 0 Å². The Balaban J connectivity index is 1.32. The van der Waals surface area contributed by atoms with Gasteiger partial charge in [-0.2, -0.15) is 0 Å². The maximum Gasteiger partial charge on any atom is 0.326 e. The Bertz CT molecular complexity index is 1060. The number of aromatic amines is 1. The highest BCUT2D eigenvalue weighted by molar-refractivity contribution is 5.86. The lowest BCUT2D eigenvalue weighted by atomic mass is 10.0. The molecule has 4 rings (SSSR count). The number of carboxylic acids is 1. The van der Waals surface area contributed by atoms with E-state index in [2.05, 4.69) is 10.3 Å². The van der Waals surface area contributed by atoms with Crippen LogP contribution in [-0.2, 0) is 11.2 Å². The van der Waals surface area contributed by atoms with Gasteiger partial charge in [-0.3, -0.25) is 0 Å². The third kappa shape index (κ3) is 4.96. The molecule has 7 nitrogen and oxygen atoms in total. The standard InChI is InChI=1S/C23H24FN3O4/c24-16-5-7-17(8-6-16)31-18-9-11-27(12-10-18)23(30)26-21(22(28)29)13-15-14-25-20-4-2-1-3-19(15)20/h1-8,14,18,21,25H,9-13H2,(H,26,30)(H,28,29). The molecule has 1 unspecified atom stereocenters. The number of nitrogens with zero attached hydrogens (tertiary/aromatic N) is 1. The summed E-state index contributed by atoms with van der Waals surface area (Å²) in [4.78, 5) is 29.2. The Kier molecular flexibility index (Phi) is 6.06. The van der Waals surface area contributed by atoms with Crippen LogP contribution in [-0.4, -0.2) is 52.2 Å². The number of likely N-dealkylation sites (tertiary alicyclic amines) is 1. The molecule has 3 N–H and O–H groups in total. The minimum Gasteiger partial charge on any atom is -0.490 e. The zero-order valence-electron chi connectivity index (χ0n) is 16.9. The van der Waals surface area contributed by atoms with E-state index in [-0.39, 0.29) is 18.3 Å². The van der Waals surface area contributed by atoms with Gasteiger partial charge in [0.2, 0.25) is 0 Å². The fourth-order valence-electron chi connectivity index (χ4n) is 3.84. The zero-order valence-corrected chi connectivity index (χ0v) is 16.9. The van der Waals surface area contributed by atoms with E-state index in [0.29, 0.717) is 31.7 Å². The number of rotatable bonds is 6. The third-order valence-corrected chi connectivity index (χ3v) is 5.54. The van der Waals surface area contributed by atoms with E-state index in [4.69, 9.17) is 4.74 Å². The number of carboxylic acid groups (broad SMARTS) is 1. The number of nitrogens with one attached hydrogen (secondary N) is 2. The molecule has 1 aromatic heterocycles. The van der Waals surface area contributed by atoms with E-state index >= 15 is 0 Å². The highest BCUT2D eigenvalue weighted by atomic mass is 19.1. The number of carbonyl (C=O) groups is 2. The number of amides is 2. The molecule has 2 aromatic carbocycles. The first-order valence-corrected chi connectivity index (χ1v) is 10.2. The third-order valence-electron chi connectivity index (χ3n) is 5.54. The van der Waals surface area contributed by atoms with Gasteiger partial charge in [-0.25, -0.2) is 14.0 Å². The number of ether oxygens (including phenoxy) is 1. The van der Waals surface area contributed by atoms with Gasteiger partial charge in [0.25, 0.3) is 0 Å². The number of benzene rings is 2. The molecule has 2 heterocycles. The Morgan fingerprint density at radius 3 is 2.58 bits per heavy atom. The molecular weight excluding hydrogens is 401 g/mol. The maximum absolute atomic E-state index is 13.0. The van der Waals surface area contributed by atoms with Crippen molar-refractivity contribution < 1.29 is 23.8 Å². The minimum absolute atomic E-state index is 0.0731. The molecule has 31 heavy (non-hydrogen) atoms. The number of urea groups is 1. The Hall–Kier alpha value is -3.55. The molecule has 8 heteroatoms. The SMILES string of the molecule is O=C(O)C(Cc1c[nH]c2ccccc12)NC(=O)N1CCC(Oc2ccc(F)cc2)CC1. The van der Waals surface area contributed by atoms with Crippen LogP contribution in [0.25, 0.3) is 10.9 Å². The number of fused-ring (bicyclic) bond motifs is 1. The molecule has 162 valence electrons. The fourth-order valence-corrected chi connectivity index (χ4v) is 3.84. The summed E-state index contributed by atoms with van der Waals surface area (Å²) >= 11 is 0. The van der Waals surface area contributed by atoms with E-state index < -0.39 is 18.0 Å². The lowest BCUT2D eigenvalue weighted by Gasteiger charge is -2.33. The predicted molar refractivity (Wildman–Crippen MR) is 114 cm³/mol. The van der Waals surface area contributed by atoms with Gasteiger partial charge in [-0.05, 0) is 35.9 Å². The van der Waals surface area contributed by atoms with Crippen molar-refractivity contribution in [1.29, 1.82) is 0 Å². The van der Waals surface area contributed by atoms with Crippen molar-refractivity contribution in [1.82, 2.24) is 15.2 Å². The molecule has 1 saturated heterocycles. The van der Waals surface area contributed by atoms with Crippen LogP contribution in [0.2, 0.25) is 0 Å². The lowest BCUT2D eigenvalue weighted by molar-refractivity contribution is -0.139. The Morgan fingerprint density at radius 1 is 1.16 bits per heavy atom. The molecule has 0 spiro atoms. The van der Waals surface area contributed by atoms with Crippen LogP contribution in [0.3, 0.4) is 0 Å². The predicted octanol–water partition coefficient (Wildman–Crippen LogP) is 3.56. The van der Waals surface area contributed by atoms with Gasteiger partial charge in [0, 0.05) is 49.5 Å². The number of para-hydroxylation sites is 1. The van der Waals surface area contributed by atoms with Crippen LogP contribution in [0.5, 0.6) is 5.75 Å². The van der Waals surface area contributed by atoms with E-state index in [0.717, 1.165) is 16.5 Å². The molecule has 2 amide bonds. The number of aliphatic carboxylic acids is 1. The molecule has 0 saturated carbocycles. The van der Waals surface area contributed by atoms with Crippen LogP contribution < -0.4 is 10.1 Å². The molecule has 0 bridgehead atoms. The van der Waals surface area contributed by atoms with E-state index in [1.165, 1.54) is 12.1 Å². The average Bonchev–Trinajstić information content (AvgIpc) is 3.18. The number of hydrogen-bond donors (Lipinski definition) is 3. The summed E-state index contributed by atoms with van der Waals surface area (Å²) in [5.74, 6) is -0.804. The first kappa shape index (κ1) is 20.7. The first-order valence-electron chi connectivity index (χ1n) is 10.2. The highest BCUT2D eigenvalue weighted by Crippen LogP contribution is 2.21. The summed E-state index contributed by atoms with van der Waals surface area (Å²) in [6, 6.07) is 12.1. The molecule has 1 atom stereocenters. The lowest BCUT2D eigenvalue weighted by Crippen LogP contribution is -2.51. The second-order valence-electron chi connectivity index (χ2n) is 7.66. The van der Waals surface area contributed by atoms with Crippen molar-refractivity contribution in [2.45, 2.75) is 31.4 Å². The number of hydrogen-bond acceptors (Lipinski definition) is 3. The summed E-state index contributed by atoms with van der Waals surface area (Å²) in [6.45, 7) is 0.911. The van der Waals surface area contributed by atoms with Gasteiger partial charge < -0.3 is 25.0 Å². The van der Waals surface area contributed by atoms with Gasteiger partial charge in [0.1, 0.15) is 23.7 Å². The van der Waals surface area contributed by atoms with Gasteiger partial charge in [0.15, 0.2) is 0 Å². The van der Waals surface area contributed by atoms with Crippen molar-refractivity contribution in [3.8, 4) is 5.75 Å². The normalized spacial score (nSPS) is 15.6. The van der Waals surface area contributed by atoms with E-state index in [1.54, 1.807) is 23.2 Å². The summed E-state index contributed by atoms with van der Waals surface area (Å²) in [5, 5.41) is 13.2. The van der Waals surface area contributed by atoms with Crippen molar-refractivity contribution in [2.75, 3.05) is 13.1 Å². The summed E-state index contributed by atoms with van der Waals surface area (Å²) in [7, 11) is 0. The van der Waals surface area contributed by atoms with E-state index in [1.807, 2.05) is 24.3 Å². The number of carbonyl (C=O) groups excluding carboxylic acids is 1. The molecular formula is C23H24FN3O4. The van der Waals surface area contributed by atoms with Crippen molar-refractivity contribution >= 4 is 22.9 Å². The molecule has 1 aliphatic rings. The first-order chi connectivity index (χ1) is 15.0. The number of aromatic nitrogens is 1. The number of H-pyrrole nitrogens is 1. The zero-order chi connectivity index (χ0) is 21.8. The maximum atomic E-state index is 13.0. The van der Waals surface area contributed by atoms with Crippen molar-refractivity contribution in [2.24, 2.45) is 0 Å². The Morgan fingerprint density at radius 2 is 1.87 bits per heavy atom. The molecule has 1 fully saturated rings. The summed E-state index contributed by atoms with van der Waals surface area (Å²) < 4.78 is 18.9. The van der Waals surface area contributed by atoms with Crippen LogP contribution in [0.1, 0.15) is 18.4 Å². The molecule has 0 aliphatic carbocycles. The van der Waals surface area contributed by atoms with Crippen LogP contribution in [0.4, 0.5) is 9.18 Å². The number of piperidine rings is 1. The van der Waals surface area contributed by atoms with Crippen molar-refractivity contribution in [3.05, 3.63) is 66.1 Å². The monoisotopic (exact) mass is 425 g/mol. The number of halogens is 1. The second-order valence-corrected chi connectivity index (χ2v) is 7.66. The topological polar surface area (TPSA) is 94.7 Å². The second kappa shape index (κ2) is 9.07. The van der Waals surface area contributed by atoms with E-state index in [9.17, 15) is 19.1 Å². The fraction of sp³-hybridized carbons (Fsp3) is 0.304. The van der Waals surface area contributed by atoms with Gasteiger partial charge in [0.05, 0.1) is 0 Å². The largest absolute Gasteiger partial charge is 0.490 e. The molecule has 3 aromatic rings. The van der Waals surface area contributed by atoms with Crippen LogP contribution >= 0.6 is 0 Å². The van der Waals surface area contributed by atoms with Crippen LogP contribution in [0, 0.1) is 5.82 Å². The van der Waals surface area contributed by atoms with Gasteiger partial charge >= 0.3 is 12.0 Å². The van der Waals surface area contributed by atoms with Gasteiger partial charge in [-0.15, -0.1) is 0 Å². The summed E-state index contributed by atoms with van der Waals surface area (Å²) in [6.07, 6.45) is 3.13. The average molecular weight is 425 g/mol. The quantitative estimate of drug-likeness (QED) is 0.563. The Labute approximate surface area is 178 Å². The highest BCUT2D eigenvalue weighted by Gasteiger charge is 2.28. The van der Waals surface area contributed by atoms with Crippen LogP contribution in [0.15, 0.2) is 54.7 Å². The molecule has 1 aliphatic heterocycles. The molecule has 0 radical (unpaired) electrons. The smallest absolute Gasteiger partial charge is 0.326 e.